The maximum absolute atomic E-state index is 4.79. The van der Waals surface area contributed by atoms with Gasteiger partial charge in [-0.1, -0.05) is 5.10 Å². The van der Waals surface area contributed by atoms with E-state index in [1.54, 1.807) is 4.52 Å². The van der Waals surface area contributed by atoms with E-state index in [-0.39, 0.29) is 0 Å². The lowest BCUT2D eigenvalue weighted by Crippen LogP contribution is -2.25. The third kappa shape index (κ3) is 1.70. The maximum atomic E-state index is 4.79. The lowest BCUT2D eigenvalue weighted by atomic mass is 10.1. The van der Waals surface area contributed by atoms with Gasteiger partial charge in [-0.2, -0.15) is 9.50 Å². The Kier molecular flexibility index (Phi) is 2.66. The van der Waals surface area contributed by atoms with Gasteiger partial charge in [0.05, 0.1) is 5.39 Å². The van der Waals surface area contributed by atoms with E-state index in [4.69, 9.17) is 4.98 Å². The minimum Gasteiger partial charge on any atom is -0.356 e. The van der Waals surface area contributed by atoms with E-state index in [2.05, 4.69) is 32.4 Å². The minimum absolute atomic E-state index is 0.612. The van der Waals surface area contributed by atoms with Crippen LogP contribution < -0.4 is 4.90 Å². The summed E-state index contributed by atoms with van der Waals surface area (Å²) in [6, 6.07) is 0. The Labute approximate surface area is 131 Å². The van der Waals surface area contributed by atoms with E-state index >= 15 is 0 Å². The molecule has 0 saturated carbocycles. The van der Waals surface area contributed by atoms with E-state index in [0.717, 1.165) is 43.2 Å². The molecule has 0 amide bonds. The first kappa shape index (κ1) is 12.7. The second-order valence-corrected chi connectivity index (χ2v) is 7.28. The first-order chi connectivity index (χ1) is 10.8. The highest BCUT2D eigenvalue weighted by molar-refractivity contribution is 7.19. The molecule has 3 aromatic rings. The molecule has 114 valence electrons. The number of hydrogen-bond donors (Lipinski definition) is 0. The summed E-state index contributed by atoms with van der Waals surface area (Å²) in [5.74, 6) is 1.71. The van der Waals surface area contributed by atoms with Crippen molar-refractivity contribution in [2.24, 2.45) is 0 Å². The molecule has 5 rings (SSSR count). The fourth-order valence-corrected chi connectivity index (χ4v) is 4.96. The van der Waals surface area contributed by atoms with Crippen molar-refractivity contribution < 1.29 is 0 Å². The highest BCUT2D eigenvalue weighted by Gasteiger charge is 2.27. The summed E-state index contributed by atoms with van der Waals surface area (Å²) in [5, 5.41) is 13.3. The summed E-state index contributed by atoms with van der Waals surface area (Å²) in [5.41, 5.74) is 1.46. The number of likely N-dealkylation sites (N-methyl/N-ethyl adjacent to an activating group) is 1. The number of tetrazole rings is 1. The topological polar surface area (TPSA) is 62.5 Å². The van der Waals surface area contributed by atoms with E-state index in [0.29, 0.717) is 5.78 Å². The van der Waals surface area contributed by atoms with Crippen LogP contribution >= 0.6 is 11.3 Å². The van der Waals surface area contributed by atoms with Gasteiger partial charge in [0.1, 0.15) is 10.6 Å². The summed E-state index contributed by atoms with van der Waals surface area (Å²) in [4.78, 5) is 12.2. The van der Waals surface area contributed by atoms with Gasteiger partial charge in [-0.3, -0.25) is 0 Å². The summed E-state index contributed by atoms with van der Waals surface area (Å²) in [7, 11) is 2.18. The highest BCUT2D eigenvalue weighted by Crippen LogP contribution is 2.40. The van der Waals surface area contributed by atoms with Crippen LogP contribution in [0.3, 0.4) is 0 Å². The van der Waals surface area contributed by atoms with Gasteiger partial charge in [0.2, 0.25) is 0 Å². The number of rotatable bonds is 1. The standard InChI is InChI=1S/C14H17N7S/c1-19-7-4-9-10(8-19)22-13-11(9)12(20-5-2-3-6-20)15-14-16-17-18-21(13)14/h2-8H2,1H3. The SMILES string of the molecule is CN1CCc2c(sc3c2c(N2CCCC2)nc2nnnn23)C1. The molecule has 0 aliphatic carbocycles. The Morgan fingerprint density at radius 2 is 2.00 bits per heavy atom. The summed E-state index contributed by atoms with van der Waals surface area (Å²) >= 11 is 1.82. The molecular formula is C14H17N7S. The average molecular weight is 315 g/mol. The quantitative estimate of drug-likeness (QED) is 0.675. The predicted octanol–water partition coefficient (Wildman–Crippen LogP) is 1.32. The molecule has 0 spiro atoms. The Bertz CT molecular complexity index is 861. The zero-order valence-electron chi connectivity index (χ0n) is 12.5. The third-order valence-corrected chi connectivity index (χ3v) is 5.90. The van der Waals surface area contributed by atoms with Crippen LogP contribution in [0, 0.1) is 0 Å². The van der Waals surface area contributed by atoms with Crippen LogP contribution in [0.4, 0.5) is 5.82 Å². The normalized spacial score (nSPS) is 19.4. The highest BCUT2D eigenvalue weighted by atomic mass is 32.1. The Morgan fingerprint density at radius 1 is 1.14 bits per heavy atom. The Morgan fingerprint density at radius 3 is 2.86 bits per heavy atom. The van der Waals surface area contributed by atoms with Gasteiger partial charge in [-0.05, 0) is 42.3 Å². The van der Waals surface area contributed by atoms with Crippen LogP contribution in [0.1, 0.15) is 23.3 Å². The van der Waals surface area contributed by atoms with E-state index < -0.39 is 0 Å². The van der Waals surface area contributed by atoms with Gasteiger partial charge in [0, 0.05) is 31.1 Å². The molecule has 0 N–H and O–H groups in total. The summed E-state index contributed by atoms with van der Waals surface area (Å²) in [6.07, 6.45) is 3.57. The van der Waals surface area contributed by atoms with Gasteiger partial charge < -0.3 is 9.80 Å². The molecule has 7 nitrogen and oxygen atoms in total. The molecule has 0 bridgehead atoms. The van der Waals surface area contributed by atoms with Gasteiger partial charge in [-0.25, -0.2) is 0 Å². The van der Waals surface area contributed by atoms with E-state index in [1.807, 2.05) is 11.3 Å². The van der Waals surface area contributed by atoms with Gasteiger partial charge in [-0.15, -0.1) is 11.3 Å². The number of aromatic nitrogens is 5. The molecule has 0 unspecified atom stereocenters. The van der Waals surface area contributed by atoms with Crippen LogP contribution in [-0.2, 0) is 13.0 Å². The number of hydrogen-bond acceptors (Lipinski definition) is 7. The molecule has 2 aliphatic rings. The largest absolute Gasteiger partial charge is 0.356 e. The molecule has 2 aliphatic heterocycles. The van der Waals surface area contributed by atoms with Crippen molar-refractivity contribution in [3.8, 4) is 0 Å². The van der Waals surface area contributed by atoms with Crippen molar-refractivity contribution in [2.45, 2.75) is 25.8 Å². The third-order valence-electron chi connectivity index (χ3n) is 4.71. The van der Waals surface area contributed by atoms with Gasteiger partial charge in [0.25, 0.3) is 5.78 Å². The molecule has 8 heteroatoms. The summed E-state index contributed by atoms with van der Waals surface area (Å²) in [6.45, 7) is 4.29. The molecule has 0 aromatic carbocycles. The number of anilines is 1. The maximum Gasteiger partial charge on any atom is 0.276 e. The van der Waals surface area contributed by atoms with Crippen molar-refractivity contribution in [3.05, 3.63) is 10.4 Å². The number of nitrogens with zero attached hydrogens (tertiary/aromatic N) is 7. The first-order valence-corrected chi connectivity index (χ1v) is 8.59. The van der Waals surface area contributed by atoms with Crippen molar-refractivity contribution >= 4 is 33.1 Å². The van der Waals surface area contributed by atoms with Crippen LogP contribution in [-0.4, -0.2) is 56.6 Å². The van der Waals surface area contributed by atoms with Crippen LogP contribution in [0.25, 0.3) is 16.0 Å². The van der Waals surface area contributed by atoms with Crippen LogP contribution in [0.15, 0.2) is 0 Å². The molecule has 0 atom stereocenters. The Hall–Kier alpha value is -1.80. The second-order valence-electron chi connectivity index (χ2n) is 6.19. The fourth-order valence-electron chi connectivity index (χ4n) is 3.59. The second kappa shape index (κ2) is 4.60. The Balaban J connectivity index is 1.85. The van der Waals surface area contributed by atoms with E-state index in [1.165, 1.54) is 28.7 Å². The average Bonchev–Trinajstić information content (AvgIpc) is 3.24. The molecule has 1 fully saturated rings. The van der Waals surface area contributed by atoms with Crippen molar-refractivity contribution in [3.63, 3.8) is 0 Å². The van der Waals surface area contributed by atoms with E-state index in [9.17, 15) is 0 Å². The fraction of sp³-hybridized carbons (Fsp3) is 0.571. The van der Waals surface area contributed by atoms with Crippen molar-refractivity contribution in [1.29, 1.82) is 0 Å². The molecular weight excluding hydrogens is 298 g/mol. The molecule has 3 aromatic heterocycles. The van der Waals surface area contributed by atoms with Crippen molar-refractivity contribution in [1.82, 2.24) is 29.9 Å². The summed E-state index contributed by atoms with van der Waals surface area (Å²) < 4.78 is 1.80. The first-order valence-electron chi connectivity index (χ1n) is 7.77. The molecule has 5 heterocycles. The molecule has 1 saturated heterocycles. The monoisotopic (exact) mass is 315 g/mol. The van der Waals surface area contributed by atoms with Crippen LogP contribution in [0.2, 0.25) is 0 Å². The number of thiophene rings is 1. The minimum atomic E-state index is 0.612. The predicted molar refractivity (Wildman–Crippen MR) is 85.4 cm³/mol. The lowest BCUT2D eigenvalue weighted by molar-refractivity contribution is 0.318. The molecule has 0 radical (unpaired) electrons. The lowest BCUT2D eigenvalue weighted by Gasteiger charge is -2.23. The van der Waals surface area contributed by atoms with Crippen LogP contribution in [0.5, 0.6) is 0 Å². The zero-order chi connectivity index (χ0) is 14.7. The van der Waals surface area contributed by atoms with Gasteiger partial charge in [0.15, 0.2) is 0 Å². The zero-order valence-corrected chi connectivity index (χ0v) is 13.3. The molecule has 22 heavy (non-hydrogen) atoms. The van der Waals surface area contributed by atoms with Crippen molar-refractivity contribution in [2.75, 3.05) is 31.6 Å². The van der Waals surface area contributed by atoms with Gasteiger partial charge >= 0.3 is 0 Å². The number of fused-ring (bicyclic) bond motifs is 5. The smallest absolute Gasteiger partial charge is 0.276 e.